The standard InChI is InChI=1S/C22H29Cl2N3O3/c1-14(2)30-12-11-27-21(28)19(17-6-5-15(23)13-18(17)24)20(22(27)29)26(4)16-7-9-25(3)10-8-16/h5-6,13-14,16H,7-12H2,1-4H3. The van der Waals surface area contributed by atoms with E-state index >= 15 is 0 Å². The van der Waals surface area contributed by atoms with Gasteiger partial charge < -0.3 is 14.5 Å². The minimum absolute atomic E-state index is 0.0253. The van der Waals surface area contributed by atoms with Crippen LogP contribution in [-0.2, 0) is 14.3 Å². The molecule has 1 aromatic rings. The van der Waals surface area contributed by atoms with Gasteiger partial charge in [0.15, 0.2) is 0 Å². The Morgan fingerprint density at radius 2 is 1.83 bits per heavy atom. The molecular formula is C22H29Cl2N3O3. The lowest BCUT2D eigenvalue weighted by Crippen LogP contribution is -2.44. The van der Waals surface area contributed by atoms with Crippen LogP contribution in [-0.4, -0.2) is 79.0 Å². The van der Waals surface area contributed by atoms with E-state index in [-0.39, 0.29) is 30.5 Å². The lowest BCUT2D eigenvalue weighted by molar-refractivity contribution is -0.138. The van der Waals surface area contributed by atoms with Crippen molar-refractivity contribution in [2.45, 2.75) is 38.8 Å². The molecular weight excluding hydrogens is 425 g/mol. The van der Waals surface area contributed by atoms with E-state index in [0.29, 0.717) is 33.5 Å². The van der Waals surface area contributed by atoms with E-state index in [4.69, 9.17) is 27.9 Å². The quantitative estimate of drug-likeness (QED) is 0.591. The fourth-order valence-electron chi connectivity index (χ4n) is 3.97. The molecule has 1 aromatic carbocycles. The Morgan fingerprint density at radius 1 is 1.17 bits per heavy atom. The SMILES string of the molecule is CC(C)OCCN1C(=O)C(c2ccc(Cl)cc2Cl)=C(N(C)C2CCN(C)CC2)C1=O. The van der Waals surface area contributed by atoms with Crippen LogP contribution >= 0.6 is 23.2 Å². The number of carbonyl (C=O) groups is 2. The van der Waals surface area contributed by atoms with E-state index in [9.17, 15) is 9.59 Å². The maximum atomic E-state index is 13.4. The Bertz CT molecular complexity index is 848. The predicted molar refractivity (Wildman–Crippen MR) is 119 cm³/mol. The van der Waals surface area contributed by atoms with Gasteiger partial charge in [-0.3, -0.25) is 14.5 Å². The second kappa shape index (κ2) is 9.69. The second-order valence-electron chi connectivity index (χ2n) is 8.17. The molecule has 6 nitrogen and oxygen atoms in total. The first-order valence-electron chi connectivity index (χ1n) is 10.3. The number of nitrogens with zero attached hydrogens (tertiary/aromatic N) is 3. The number of hydrogen-bond donors (Lipinski definition) is 0. The van der Waals surface area contributed by atoms with Gasteiger partial charge in [-0.15, -0.1) is 0 Å². The molecule has 0 aliphatic carbocycles. The van der Waals surface area contributed by atoms with Gasteiger partial charge in [-0.2, -0.15) is 0 Å². The van der Waals surface area contributed by atoms with Crippen LogP contribution in [0.3, 0.4) is 0 Å². The predicted octanol–water partition coefficient (Wildman–Crippen LogP) is 3.52. The second-order valence-corrected chi connectivity index (χ2v) is 9.02. The molecule has 2 aliphatic rings. The summed E-state index contributed by atoms with van der Waals surface area (Å²) in [6.45, 7) is 6.24. The molecule has 2 aliphatic heterocycles. The number of piperidine rings is 1. The van der Waals surface area contributed by atoms with Gasteiger partial charge in [0.25, 0.3) is 11.8 Å². The van der Waals surface area contributed by atoms with Crippen LogP contribution in [0.5, 0.6) is 0 Å². The number of halogens is 2. The van der Waals surface area contributed by atoms with E-state index in [1.807, 2.05) is 25.8 Å². The van der Waals surface area contributed by atoms with Crippen LogP contribution in [0.4, 0.5) is 0 Å². The topological polar surface area (TPSA) is 53.1 Å². The molecule has 2 amide bonds. The van der Waals surface area contributed by atoms with Crippen molar-refractivity contribution in [3.05, 3.63) is 39.5 Å². The van der Waals surface area contributed by atoms with E-state index in [0.717, 1.165) is 25.9 Å². The Balaban J connectivity index is 1.97. The number of benzene rings is 1. The third kappa shape index (κ3) is 4.83. The Labute approximate surface area is 188 Å². The molecule has 8 heteroatoms. The summed E-state index contributed by atoms with van der Waals surface area (Å²) in [5.74, 6) is -0.638. The van der Waals surface area contributed by atoms with Crippen molar-refractivity contribution in [2.24, 2.45) is 0 Å². The molecule has 164 valence electrons. The number of amides is 2. The molecule has 0 radical (unpaired) electrons. The Morgan fingerprint density at radius 3 is 2.43 bits per heavy atom. The maximum Gasteiger partial charge on any atom is 0.277 e. The van der Waals surface area contributed by atoms with Gasteiger partial charge in [-0.1, -0.05) is 29.3 Å². The number of ether oxygens (including phenoxy) is 1. The van der Waals surface area contributed by atoms with E-state index in [1.165, 1.54) is 4.90 Å². The number of likely N-dealkylation sites (tertiary alicyclic amines) is 1. The molecule has 30 heavy (non-hydrogen) atoms. The highest BCUT2D eigenvalue weighted by Crippen LogP contribution is 2.37. The van der Waals surface area contributed by atoms with Gasteiger partial charge in [0, 0.05) is 23.7 Å². The normalized spacial score (nSPS) is 18.8. The largest absolute Gasteiger partial charge is 0.377 e. The highest BCUT2D eigenvalue weighted by Gasteiger charge is 2.42. The molecule has 0 spiro atoms. The highest BCUT2D eigenvalue weighted by atomic mass is 35.5. The average Bonchev–Trinajstić information content (AvgIpc) is 2.92. The fourth-order valence-corrected chi connectivity index (χ4v) is 4.48. The number of rotatable bonds is 7. The number of carbonyl (C=O) groups excluding carboxylic acids is 2. The van der Waals surface area contributed by atoms with Crippen molar-refractivity contribution in [1.29, 1.82) is 0 Å². The van der Waals surface area contributed by atoms with E-state index < -0.39 is 0 Å². The molecule has 0 N–H and O–H groups in total. The van der Waals surface area contributed by atoms with Gasteiger partial charge in [0.1, 0.15) is 5.70 Å². The van der Waals surface area contributed by atoms with Gasteiger partial charge in [0.2, 0.25) is 0 Å². The van der Waals surface area contributed by atoms with Gasteiger partial charge >= 0.3 is 0 Å². The Kier molecular flexibility index (Phi) is 7.45. The smallest absolute Gasteiger partial charge is 0.277 e. The summed E-state index contributed by atoms with van der Waals surface area (Å²) < 4.78 is 5.58. The summed E-state index contributed by atoms with van der Waals surface area (Å²) in [5, 5.41) is 0.835. The summed E-state index contributed by atoms with van der Waals surface area (Å²) >= 11 is 12.5. The van der Waals surface area contributed by atoms with Crippen LogP contribution in [0.1, 0.15) is 32.3 Å². The molecule has 0 bridgehead atoms. The lowest BCUT2D eigenvalue weighted by atomic mass is 10.00. The summed E-state index contributed by atoms with van der Waals surface area (Å²) in [6, 6.07) is 5.18. The van der Waals surface area contributed by atoms with Crippen molar-refractivity contribution < 1.29 is 14.3 Å². The van der Waals surface area contributed by atoms with Crippen molar-refractivity contribution in [2.75, 3.05) is 40.3 Å². The number of imide groups is 1. The summed E-state index contributed by atoms with van der Waals surface area (Å²) in [5.41, 5.74) is 1.28. The van der Waals surface area contributed by atoms with Crippen LogP contribution < -0.4 is 0 Å². The van der Waals surface area contributed by atoms with Crippen LogP contribution in [0.25, 0.3) is 5.57 Å². The van der Waals surface area contributed by atoms with E-state index in [1.54, 1.807) is 18.2 Å². The number of hydrogen-bond acceptors (Lipinski definition) is 5. The zero-order valence-corrected chi connectivity index (χ0v) is 19.5. The molecule has 1 fully saturated rings. The minimum atomic E-state index is -0.341. The van der Waals surface area contributed by atoms with Crippen LogP contribution in [0.2, 0.25) is 10.0 Å². The summed E-state index contributed by atoms with van der Waals surface area (Å²) in [7, 11) is 3.99. The minimum Gasteiger partial charge on any atom is -0.377 e. The monoisotopic (exact) mass is 453 g/mol. The van der Waals surface area contributed by atoms with Crippen LogP contribution in [0, 0.1) is 0 Å². The molecule has 0 atom stereocenters. The van der Waals surface area contributed by atoms with Crippen LogP contribution in [0.15, 0.2) is 23.9 Å². The zero-order valence-electron chi connectivity index (χ0n) is 18.0. The zero-order chi connectivity index (χ0) is 22.0. The van der Waals surface area contributed by atoms with E-state index in [2.05, 4.69) is 11.9 Å². The molecule has 0 unspecified atom stereocenters. The third-order valence-corrected chi connectivity index (χ3v) is 6.25. The third-order valence-electron chi connectivity index (χ3n) is 5.70. The van der Waals surface area contributed by atoms with Crippen molar-refractivity contribution in [3.8, 4) is 0 Å². The maximum absolute atomic E-state index is 13.4. The first kappa shape index (κ1) is 23.1. The molecule has 0 aromatic heterocycles. The van der Waals surface area contributed by atoms with Crippen molar-refractivity contribution in [1.82, 2.24) is 14.7 Å². The van der Waals surface area contributed by atoms with Crippen molar-refractivity contribution in [3.63, 3.8) is 0 Å². The van der Waals surface area contributed by atoms with Crippen molar-refractivity contribution >= 4 is 40.6 Å². The van der Waals surface area contributed by atoms with Gasteiger partial charge in [-0.05, 0) is 59.0 Å². The molecule has 0 saturated carbocycles. The van der Waals surface area contributed by atoms with Gasteiger partial charge in [-0.25, -0.2) is 0 Å². The van der Waals surface area contributed by atoms with Gasteiger partial charge in [0.05, 0.1) is 29.9 Å². The summed E-state index contributed by atoms with van der Waals surface area (Å²) in [6.07, 6.45) is 1.88. The average molecular weight is 454 g/mol. The Hall–Kier alpha value is -1.60. The highest BCUT2D eigenvalue weighted by molar-refractivity contribution is 6.41. The first-order valence-corrected chi connectivity index (χ1v) is 11.0. The fraction of sp³-hybridized carbons (Fsp3) is 0.545. The molecule has 2 heterocycles. The molecule has 1 saturated heterocycles. The summed E-state index contributed by atoms with van der Waals surface area (Å²) in [4.78, 5) is 32.2. The first-order chi connectivity index (χ1) is 14.2. The molecule has 3 rings (SSSR count). The number of likely N-dealkylation sites (N-methyl/N-ethyl adjacent to an activating group) is 1. The lowest BCUT2D eigenvalue weighted by Gasteiger charge is -2.36.